The number of nitrogens with zero attached hydrogens (tertiary/aromatic N) is 2. The molecule has 160 valence electrons. The monoisotopic (exact) mass is 419 g/mol. The molecule has 0 saturated heterocycles. The minimum Gasteiger partial charge on any atom is -0.399 e. The zero-order chi connectivity index (χ0) is 22.7. The number of anilines is 1. The van der Waals surface area contributed by atoms with Gasteiger partial charge in [-0.05, 0) is 75.0 Å². The molecule has 4 rings (SSSR count). The molecule has 0 saturated carbocycles. The number of allylic oxidation sites excluding steroid dienone is 3. The molecule has 0 amide bonds. The van der Waals surface area contributed by atoms with Gasteiger partial charge in [-0.1, -0.05) is 59.7 Å². The normalized spacial score (nSPS) is 12.0. The molecule has 0 fully saturated rings. The van der Waals surface area contributed by atoms with Crippen LogP contribution in [0.3, 0.4) is 0 Å². The molecule has 0 radical (unpaired) electrons. The summed E-state index contributed by atoms with van der Waals surface area (Å²) in [5, 5.41) is 1.12. The molecule has 3 aromatic carbocycles. The van der Waals surface area contributed by atoms with Crippen LogP contribution in [0.1, 0.15) is 30.7 Å². The fourth-order valence-electron chi connectivity index (χ4n) is 4.01. The number of benzene rings is 3. The zero-order valence-corrected chi connectivity index (χ0v) is 19.0. The number of hydrogen-bond acceptors (Lipinski definition) is 2. The third-order valence-corrected chi connectivity index (χ3v) is 5.75. The zero-order valence-electron chi connectivity index (χ0n) is 19.0. The summed E-state index contributed by atoms with van der Waals surface area (Å²) >= 11 is 0. The Morgan fingerprint density at radius 2 is 1.91 bits per heavy atom. The minimum atomic E-state index is 0.579. The smallest absolute Gasteiger partial charge is 0.0633 e. The van der Waals surface area contributed by atoms with Gasteiger partial charge < -0.3 is 10.3 Å². The molecule has 32 heavy (non-hydrogen) atoms. The van der Waals surface area contributed by atoms with Crippen LogP contribution in [0.25, 0.3) is 33.8 Å². The van der Waals surface area contributed by atoms with Crippen molar-refractivity contribution in [3.63, 3.8) is 0 Å². The van der Waals surface area contributed by atoms with Gasteiger partial charge in [0.25, 0.3) is 0 Å². The Labute approximate surface area is 190 Å². The number of aliphatic imine (C=N–C) groups is 1. The van der Waals surface area contributed by atoms with Gasteiger partial charge in [0.1, 0.15) is 0 Å². The Hall–Kier alpha value is -3.85. The third-order valence-electron chi connectivity index (χ3n) is 5.75. The first-order valence-electron chi connectivity index (χ1n) is 10.8. The number of nitrogens with two attached hydrogens (primary N) is 1. The number of rotatable bonds is 6. The van der Waals surface area contributed by atoms with E-state index in [1.165, 1.54) is 22.3 Å². The van der Waals surface area contributed by atoms with Crippen molar-refractivity contribution in [1.82, 2.24) is 4.57 Å². The van der Waals surface area contributed by atoms with E-state index < -0.39 is 0 Å². The fraction of sp³-hybridized carbons (Fsp3) is 0.138. The average molecular weight is 420 g/mol. The standard InChI is InChI=1S/C29H29N3/c1-5-20(2)9-12-26-18-24-17-25(30)11-14-28(24)32(26)29-16-22(19-31-4)10-13-27(29)23-8-6-7-21(3)15-23/h5-18H,4,19,30H2,1-3H3/b12-9-,20-5-. The molecule has 3 heteroatoms. The van der Waals surface area contributed by atoms with E-state index >= 15 is 0 Å². The molecule has 0 atom stereocenters. The number of aryl methyl sites for hydroxylation is 1. The molecule has 0 aliphatic carbocycles. The van der Waals surface area contributed by atoms with Crippen molar-refractivity contribution in [2.75, 3.05) is 5.73 Å². The lowest BCUT2D eigenvalue weighted by Gasteiger charge is -2.17. The van der Waals surface area contributed by atoms with E-state index in [1.54, 1.807) is 0 Å². The lowest BCUT2D eigenvalue weighted by Crippen LogP contribution is -2.01. The van der Waals surface area contributed by atoms with Crippen molar-refractivity contribution in [3.8, 4) is 16.8 Å². The van der Waals surface area contributed by atoms with Crippen LogP contribution in [-0.2, 0) is 6.54 Å². The molecule has 4 aromatic rings. The van der Waals surface area contributed by atoms with Gasteiger partial charge in [-0.3, -0.25) is 4.99 Å². The molecule has 0 aliphatic rings. The number of nitrogen functional groups attached to an aromatic ring is 1. The van der Waals surface area contributed by atoms with E-state index in [9.17, 15) is 0 Å². The first-order chi connectivity index (χ1) is 15.5. The summed E-state index contributed by atoms with van der Waals surface area (Å²) in [5.74, 6) is 0. The van der Waals surface area contributed by atoms with E-state index in [0.717, 1.165) is 33.5 Å². The van der Waals surface area contributed by atoms with Crippen LogP contribution in [0, 0.1) is 6.92 Å². The van der Waals surface area contributed by atoms with Crippen molar-refractivity contribution in [3.05, 3.63) is 101 Å². The maximum absolute atomic E-state index is 6.11. The highest BCUT2D eigenvalue weighted by molar-refractivity contribution is 5.90. The van der Waals surface area contributed by atoms with Gasteiger partial charge in [-0.25, -0.2) is 0 Å². The van der Waals surface area contributed by atoms with Gasteiger partial charge in [-0.2, -0.15) is 0 Å². The molecular weight excluding hydrogens is 390 g/mol. The number of aromatic nitrogens is 1. The summed E-state index contributed by atoms with van der Waals surface area (Å²) in [6, 6.07) is 23.5. The third kappa shape index (κ3) is 4.28. The van der Waals surface area contributed by atoms with Gasteiger partial charge >= 0.3 is 0 Å². The first kappa shape index (κ1) is 21.4. The summed E-state index contributed by atoms with van der Waals surface area (Å²) in [7, 11) is 0. The van der Waals surface area contributed by atoms with E-state index in [-0.39, 0.29) is 0 Å². The Kier molecular flexibility index (Phi) is 6.09. The van der Waals surface area contributed by atoms with Crippen LogP contribution in [-0.4, -0.2) is 11.3 Å². The van der Waals surface area contributed by atoms with Crippen LogP contribution in [0.2, 0.25) is 0 Å². The molecule has 0 aliphatic heterocycles. The second-order valence-corrected chi connectivity index (χ2v) is 8.19. The Bertz CT molecular complexity index is 1350. The molecule has 0 spiro atoms. The van der Waals surface area contributed by atoms with Crippen molar-refractivity contribution < 1.29 is 0 Å². The average Bonchev–Trinajstić information content (AvgIpc) is 3.14. The molecule has 0 unspecified atom stereocenters. The summed E-state index contributed by atoms with van der Waals surface area (Å²) < 4.78 is 2.32. The van der Waals surface area contributed by atoms with Crippen LogP contribution in [0.4, 0.5) is 5.69 Å². The highest BCUT2D eigenvalue weighted by Crippen LogP contribution is 2.34. The second kappa shape index (κ2) is 9.11. The summed E-state index contributed by atoms with van der Waals surface area (Å²) in [4.78, 5) is 4.11. The van der Waals surface area contributed by atoms with Gasteiger partial charge in [-0.15, -0.1) is 0 Å². The van der Waals surface area contributed by atoms with Crippen molar-refractivity contribution >= 4 is 29.4 Å². The predicted octanol–water partition coefficient (Wildman–Crippen LogP) is 7.37. The van der Waals surface area contributed by atoms with Crippen molar-refractivity contribution in [2.24, 2.45) is 4.99 Å². The molecule has 0 bridgehead atoms. The highest BCUT2D eigenvalue weighted by Gasteiger charge is 2.15. The Morgan fingerprint density at radius 3 is 2.66 bits per heavy atom. The first-order valence-corrected chi connectivity index (χ1v) is 10.8. The van der Waals surface area contributed by atoms with E-state index in [4.69, 9.17) is 5.73 Å². The molecule has 3 nitrogen and oxygen atoms in total. The second-order valence-electron chi connectivity index (χ2n) is 8.19. The molecule has 1 heterocycles. The minimum absolute atomic E-state index is 0.579. The summed E-state index contributed by atoms with van der Waals surface area (Å²) in [6.07, 6.45) is 6.43. The maximum Gasteiger partial charge on any atom is 0.0633 e. The van der Waals surface area contributed by atoms with Gasteiger partial charge in [0.05, 0.1) is 17.7 Å². The van der Waals surface area contributed by atoms with Gasteiger partial charge in [0, 0.05) is 22.3 Å². The largest absolute Gasteiger partial charge is 0.399 e. The molecule has 1 aromatic heterocycles. The van der Waals surface area contributed by atoms with Crippen LogP contribution in [0.5, 0.6) is 0 Å². The van der Waals surface area contributed by atoms with Gasteiger partial charge in [0.2, 0.25) is 0 Å². The topological polar surface area (TPSA) is 43.3 Å². The van der Waals surface area contributed by atoms with Crippen LogP contribution < -0.4 is 5.73 Å². The Balaban J connectivity index is 2.05. The van der Waals surface area contributed by atoms with Crippen molar-refractivity contribution in [2.45, 2.75) is 27.3 Å². The lowest BCUT2D eigenvalue weighted by atomic mass is 9.99. The lowest BCUT2D eigenvalue weighted by molar-refractivity contribution is 1.05. The number of hydrogen-bond donors (Lipinski definition) is 1. The van der Waals surface area contributed by atoms with E-state index in [0.29, 0.717) is 6.54 Å². The summed E-state index contributed by atoms with van der Waals surface area (Å²) in [5.41, 5.74) is 16.2. The van der Waals surface area contributed by atoms with Gasteiger partial charge in [0.15, 0.2) is 0 Å². The SMILES string of the molecule is C=NCc1ccc(-c2cccc(C)c2)c(-n2c(/C=C\C(C)=C/C)cc3cc(N)ccc32)c1. The molecule has 2 N–H and O–H groups in total. The highest BCUT2D eigenvalue weighted by atomic mass is 15.0. The fourth-order valence-corrected chi connectivity index (χ4v) is 4.01. The van der Waals surface area contributed by atoms with Crippen molar-refractivity contribution in [1.29, 1.82) is 0 Å². The quantitative estimate of drug-likeness (QED) is 0.198. The molecular formula is C29H29N3. The van der Waals surface area contributed by atoms with E-state index in [1.807, 2.05) is 12.1 Å². The summed E-state index contributed by atoms with van der Waals surface area (Å²) in [6.45, 7) is 10.6. The number of fused-ring (bicyclic) bond motifs is 1. The Morgan fingerprint density at radius 1 is 1.06 bits per heavy atom. The maximum atomic E-state index is 6.11. The van der Waals surface area contributed by atoms with E-state index in [2.05, 4.69) is 110 Å². The predicted molar refractivity (Wildman–Crippen MR) is 140 cm³/mol. The van der Waals surface area contributed by atoms with Crippen LogP contribution >= 0.6 is 0 Å². The van der Waals surface area contributed by atoms with Crippen LogP contribution in [0.15, 0.2) is 89.4 Å².